The molecule has 0 aliphatic carbocycles. The molecule has 0 bridgehead atoms. The Bertz CT molecular complexity index is 1070. The molecule has 3 aromatic rings. The summed E-state index contributed by atoms with van der Waals surface area (Å²) in [6, 6.07) is 5.59. The Balaban J connectivity index is 0.00000172. The average molecular weight is 548 g/mol. The lowest BCUT2D eigenvalue weighted by Gasteiger charge is -2.18. The Labute approximate surface area is 229 Å². The van der Waals surface area contributed by atoms with Gasteiger partial charge in [0.1, 0.15) is 28.8 Å². The highest BCUT2D eigenvalue weighted by Gasteiger charge is 2.22. The van der Waals surface area contributed by atoms with Crippen molar-refractivity contribution in [1.29, 1.82) is 0 Å². The molecule has 1 atom stereocenters. The molecule has 11 nitrogen and oxygen atoms in total. The van der Waals surface area contributed by atoms with E-state index >= 15 is 0 Å². The first kappa shape index (κ1) is 32.6. The van der Waals surface area contributed by atoms with Crippen LogP contribution in [0.4, 0.5) is 5.95 Å². The number of aryl methyl sites for hydroxylation is 2. The van der Waals surface area contributed by atoms with Crippen LogP contribution in [0.15, 0.2) is 30.6 Å². The third-order valence-electron chi connectivity index (χ3n) is 5.09. The summed E-state index contributed by atoms with van der Waals surface area (Å²) in [7, 11) is 5.85. The van der Waals surface area contributed by atoms with Crippen LogP contribution >= 0.6 is 11.9 Å². The molecule has 3 rings (SSSR count). The molecule has 0 saturated carbocycles. The van der Waals surface area contributed by atoms with E-state index in [1.807, 2.05) is 55.9 Å². The third kappa shape index (κ3) is 9.49. The number of anilines is 1. The number of aromatic nitrogens is 5. The number of hydrogen-bond acceptors (Lipinski definition) is 10. The molecule has 0 saturated heterocycles. The largest absolute Gasteiger partial charge is 0.494 e. The summed E-state index contributed by atoms with van der Waals surface area (Å²) in [5, 5.41) is 18.6. The van der Waals surface area contributed by atoms with E-state index in [1.54, 1.807) is 21.3 Å². The van der Waals surface area contributed by atoms with Gasteiger partial charge in [-0.15, -0.1) is 10.2 Å². The lowest BCUT2D eigenvalue weighted by Crippen LogP contribution is -2.17. The first-order valence-electron chi connectivity index (χ1n) is 12.5. The van der Waals surface area contributed by atoms with Crippen LogP contribution in [-0.2, 0) is 17.6 Å². The number of carbonyl (C=O) groups excluding carboxylic acids is 1. The lowest BCUT2D eigenvalue weighted by atomic mass is 10.2. The van der Waals surface area contributed by atoms with E-state index in [2.05, 4.69) is 37.1 Å². The maximum absolute atomic E-state index is 11.7. The highest BCUT2D eigenvalue weighted by Crippen LogP contribution is 2.36. The first-order chi connectivity index (χ1) is 18.5. The van der Waals surface area contributed by atoms with Gasteiger partial charge in [-0.25, -0.2) is 9.97 Å². The van der Waals surface area contributed by atoms with Gasteiger partial charge in [-0.3, -0.25) is 14.1 Å². The molecule has 210 valence electrons. The minimum absolute atomic E-state index is 0.0120. The molecule has 0 radical (unpaired) electrons. The summed E-state index contributed by atoms with van der Waals surface area (Å²) < 4.78 is 16.5. The second kappa shape index (κ2) is 18.0. The maximum Gasteiger partial charge on any atom is 0.239 e. The number of methoxy groups -OCH3 is 2. The molecule has 12 heteroatoms. The molecule has 1 aromatic carbocycles. The number of carbonyl (C=O) groups is 1. The van der Waals surface area contributed by atoms with Crippen LogP contribution < -0.4 is 19.5 Å². The number of benzene rings is 1. The Morgan fingerprint density at radius 1 is 1.11 bits per heavy atom. The number of aliphatic hydroxyl groups is 1. The molecule has 2 aromatic heterocycles. The summed E-state index contributed by atoms with van der Waals surface area (Å²) in [6.07, 6.45) is 5.93. The van der Waals surface area contributed by atoms with Gasteiger partial charge in [-0.1, -0.05) is 26.8 Å². The maximum atomic E-state index is 11.7. The zero-order valence-electron chi connectivity index (χ0n) is 23.6. The second-order valence-corrected chi connectivity index (χ2v) is 8.97. The number of nitrogens with one attached hydrogen (secondary N) is 2. The van der Waals surface area contributed by atoms with Crippen LogP contribution in [0.2, 0.25) is 0 Å². The number of para-hydroxylation sites is 1. The van der Waals surface area contributed by atoms with Crippen molar-refractivity contribution in [2.45, 2.75) is 58.6 Å². The fraction of sp³-hybridized carbons (Fsp3) is 0.500. The van der Waals surface area contributed by atoms with Gasteiger partial charge in [0.2, 0.25) is 11.9 Å². The number of nitrogens with zero attached hydrogens (tertiary/aromatic N) is 5. The summed E-state index contributed by atoms with van der Waals surface area (Å²) in [4.78, 5) is 20.5. The van der Waals surface area contributed by atoms with Crippen LogP contribution in [-0.4, -0.2) is 69.4 Å². The molecular weight excluding hydrogens is 506 g/mol. The van der Waals surface area contributed by atoms with Gasteiger partial charge in [0.15, 0.2) is 0 Å². The Hall–Kier alpha value is -3.38. The zero-order valence-corrected chi connectivity index (χ0v) is 24.4. The van der Waals surface area contributed by atoms with E-state index in [0.29, 0.717) is 54.6 Å². The van der Waals surface area contributed by atoms with E-state index in [0.717, 1.165) is 18.5 Å². The van der Waals surface area contributed by atoms with Crippen LogP contribution in [0.25, 0.3) is 5.69 Å². The molecular formula is C26H41N7O4S. The van der Waals surface area contributed by atoms with Crippen molar-refractivity contribution < 1.29 is 19.4 Å². The van der Waals surface area contributed by atoms with Crippen molar-refractivity contribution in [2.24, 2.45) is 0 Å². The van der Waals surface area contributed by atoms with Gasteiger partial charge >= 0.3 is 0 Å². The molecule has 0 aliphatic rings. The van der Waals surface area contributed by atoms with Gasteiger partial charge in [0.05, 0.1) is 14.2 Å². The minimum atomic E-state index is -0.0120. The molecule has 0 aliphatic heterocycles. The number of aliphatic hydroxyl groups excluding tert-OH is 1. The van der Waals surface area contributed by atoms with Gasteiger partial charge in [-0.2, -0.15) is 0 Å². The monoisotopic (exact) mass is 547 g/mol. The highest BCUT2D eigenvalue weighted by molar-refractivity contribution is 8.01. The van der Waals surface area contributed by atoms with Crippen LogP contribution in [0.3, 0.4) is 0 Å². The van der Waals surface area contributed by atoms with Gasteiger partial charge in [0, 0.05) is 51.1 Å². The lowest BCUT2D eigenvalue weighted by molar-refractivity contribution is -0.120. The van der Waals surface area contributed by atoms with E-state index in [4.69, 9.17) is 14.6 Å². The first-order valence-corrected chi connectivity index (χ1v) is 13.3. The molecule has 1 amide bonds. The quantitative estimate of drug-likeness (QED) is 0.287. The third-order valence-corrected chi connectivity index (χ3v) is 5.96. The van der Waals surface area contributed by atoms with Crippen LogP contribution in [0, 0.1) is 6.92 Å². The van der Waals surface area contributed by atoms with Crippen LogP contribution in [0.5, 0.6) is 11.5 Å². The van der Waals surface area contributed by atoms with Crippen molar-refractivity contribution in [3.8, 4) is 17.2 Å². The predicted octanol–water partition coefficient (Wildman–Crippen LogP) is 3.78. The fourth-order valence-corrected chi connectivity index (χ4v) is 4.01. The SMILES string of the molecule is CC.CNC(=O)CCCc1nnc(NSC(C)Cc2ncc(C)cn2)n1-c1c(OC)cccc1OC.CO. The number of hydrogen-bond donors (Lipinski definition) is 3. The predicted molar refractivity (Wildman–Crippen MR) is 152 cm³/mol. The van der Waals surface area contributed by atoms with E-state index in [9.17, 15) is 4.79 Å². The van der Waals surface area contributed by atoms with E-state index in [-0.39, 0.29) is 11.2 Å². The molecule has 38 heavy (non-hydrogen) atoms. The summed E-state index contributed by atoms with van der Waals surface area (Å²) >= 11 is 1.51. The number of amides is 1. The molecule has 0 fully saturated rings. The minimum Gasteiger partial charge on any atom is -0.494 e. The molecule has 0 spiro atoms. The average Bonchev–Trinajstić information content (AvgIpc) is 3.36. The standard InChI is InChI=1S/C23H31N7O3S.C2H6.CH4O/c1-15-13-25-19(26-14-15)12-16(2)34-29-23-28-27-20(10-7-11-21(31)24-3)30(23)22-17(32-4)8-6-9-18(22)33-5;2*1-2/h6,8-9,13-14,16H,7,10-12H2,1-5H3,(H,24,31)(H,28,29);1-2H3;2H,1H3. The Morgan fingerprint density at radius 2 is 1.71 bits per heavy atom. The smallest absolute Gasteiger partial charge is 0.239 e. The normalized spacial score (nSPS) is 10.8. The zero-order chi connectivity index (χ0) is 28.5. The van der Waals surface area contributed by atoms with E-state index in [1.165, 1.54) is 11.9 Å². The van der Waals surface area contributed by atoms with Crippen molar-refractivity contribution in [3.63, 3.8) is 0 Å². The van der Waals surface area contributed by atoms with Crippen molar-refractivity contribution in [2.75, 3.05) is 33.1 Å². The van der Waals surface area contributed by atoms with Gasteiger partial charge in [-0.05, 0) is 43.0 Å². The summed E-state index contributed by atoms with van der Waals surface area (Å²) in [5.74, 6) is 3.27. The Morgan fingerprint density at radius 3 is 2.26 bits per heavy atom. The van der Waals surface area contributed by atoms with E-state index < -0.39 is 0 Å². The van der Waals surface area contributed by atoms with Crippen LogP contribution in [0.1, 0.15) is 50.8 Å². The summed E-state index contributed by atoms with van der Waals surface area (Å²) in [5.41, 5.74) is 1.73. The highest BCUT2D eigenvalue weighted by atomic mass is 32.2. The molecule has 3 N–H and O–H groups in total. The summed E-state index contributed by atoms with van der Waals surface area (Å²) in [6.45, 7) is 8.06. The fourth-order valence-electron chi connectivity index (χ4n) is 3.34. The Kier molecular flexibility index (Phi) is 15.4. The van der Waals surface area contributed by atoms with Gasteiger partial charge in [0.25, 0.3) is 0 Å². The second-order valence-electron chi connectivity index (χ2n) is 7.72. The molecule has 1 unspecified atom stereocenters. The molecule has 2 heterocycles. The van der Waals surface area contributed by atoms with Crippen molar-refractivity contribution >= 4 is 23.8 Å². The van der Waals surface area contributed by atoms with Crippen molar-refractivity contribution in [3.05, 3.63) is 47.8 Å². The van der Waals surface area contributed by atoms with Crippen molar-refractivity contribution in [1.82, 2.24) is 30.0 Å². The number of rotatable bonds is 12. The van der Waals surface area contributed by atoms with Gasteiger partial charge < -0.3 is 19.9 Å². The topological polar surface area (TPSA) is 136 Å². The number of ether oxygens (including phenoxy) is 2.